The molecule has 3 rings (SSSR count). The SMILES string of the molecule is CC(=Nc1c(C(C)C)cccc1C(C)C)c1cccc(C(C)=Nc2c(C(C)C)cccc2C(C)C)n1.CCOCC.N.N.O=S(=O)([O-])C(F)(F)F.[Mo+3]. The molecule has 14 heteroatoms. The second kappa shape index (κ2) is 24.5. The van der Waals surface area contributed by atoms with E-state index < -0.39 is 15.6 Å². The molecule has 0 spiro atoms. The Morgan fingerprint density at radius 2 is 0.923 bits per heavy atom. The van der Waals surface area contributed by atoms with Crippen molar-refractivity contribution in [3.8, 4) is 0 Å². The van der Waals surface area contributed by atoms with Gasteiger partial charge in [-0.3, -0.25) is 9.98 Å². The number of halogens is 3. The predicted molar refractivity (Wildman–Crippen MR) is 205 cm³/mol. The van der Waals surface area contributed by atoms with Gasteiger partial charge in [0.25, 0.3) is 0 Å². The molecule has 0 amide bonds. The van der Waals surface area contributed by atoms with E-state index in [4.69, 9.17) is 32.7 Å². The molecule has 0 aliphatic carbocycles. The molecule has 0 unspecified atom stereocenters. The first-order valence-electron chi connectivity index (χ1n) is 16.6. The number of ether oxygens (including phenoxy) is 1. The van der Waals surface area contributed by atoms with Gasteiger partial charge in [0.05, 0.1) is 34.2 Å². The molecular weight excluding hydrogens is 775 g/mol. The normalized spacial score (nSPS) is 11.9. The Morgan fingerprint density at radius 1 is 0.673 bits per heavy atom. The van der Waals surface area contributed by atoms with Gasteiger partial charge in [-0.25, -0.2) is 13.4 Å². The minimum absolute atomic E-state index is 0. The van der Waals surface area contributed by atoms with Gasteiger partial charge >= 0.3 is 26.6 Å². The number of aromatic nitrogens is 1. The average molecular weight is 835 g/mol. The number of benzene rings is 2. The van der Waals surface area contributed by atoms with Crippen molar-refractivity contribution in [2.75, 3.05) is 13.2 Å². The van der Waals surface area contributed by atoms with Gasteiger partial charge in [0, 0.05) is 13.2 Å². The standard InChI is InChI=1S/C33H43N3.C4H10O.CHF3O3S.Mo.2H3N/c1-20(2)26-14-11-15-27(21(3)4)32(26)34-24(9)30-18-13-19-31(36-30)25(10)35-33-28(22(5)6)16-12-17-29(33)23(7)8;1-3-5-4-2;2-1(3,4)8(5,6)7;;;/h11-23H,1-10H3;3-4H2,1-2H3;(H,5,6,7);;2*1H3/q;;;+3;;/p-1. The zero-order valence-corrected chi connectivity index (χ0v) is 35.6. The molecule has 3 aromatic rings. The Hall–Kier alpha value is -2.80. The fraction of sp³-hybridized carbons (Fsp3) is 0.500. The molecule has 0 aliphatic heterocycles. The van der Waals surface area contributed by atoms with E-state index in [2.05, 4.69) is 112 Å². The minimum Gasteiger partial charge on any atom is -0.741 e. The number of alkyl halides is 3. The Kier molecular flexibility index (Phi) is 25.2. The van der Waals surface area contributed by atoms with Crippen molar-refractivity contribution in [2.45, 2.75) is 112 Å². The number of rotatable bonds is 10. The fourth-order valence-corrected chi connectivity index (χ4v) is 4.77. The molecule has 9 nitrogen and oxygen atoms in total. The second-order valence-corrected chi connectivity index (χ2v) is 14.0. The summed E-state index contributed by atoms with van der Waals surface area (Å²) in [7, 11) is -6.09. The van der Waals surface area contributed by atoms with E-state index in [0.29, 0.717) is 23.7 Å². The molecule has 0 saturated carbocycles. The monoisotopic (exact) mass is 836 g/mol. The topological polar surface area (TPSA) is 174 Å². The smallest absolute Gasteiger partial charge is 0.741 e. The molecule has 1 heterocycles. The van der Waals surface area contributed by atoms with E-state index in [1.807, 2.05) is 26.0 Å². The molecule has 291 valence electrons. The second-order valence-electron chi connectivity index (χ2n) is 12.7. The maximum Gasteiger partial charge on any atom is 3.00 e. The van der Waals surface area contributed by atoms with Gasteiger partial charge in [0.1, 0.15) is 0 Å². The van der Waals surface area contributed by atoms with Crippen LogP contribution in [0.1, 0.15) is 140 Å². The molecule has 1 radical (unpaired) electrons. The van der Waals surface area contributed by atoms with Gasteiger partial charge in [-0.05, 0) is 85.8 Å². The van der Waals surface area contributed by atoms with E-state index in [9.17, 15) is 13.2 Å². The van der Waals surface area contributed by atoms with Crippen LogP contribution >= 0.6 is 0 Å². The van der Waals surface area contributed by atoms with Crippen molar-refractivity contribution in [3.63, 3.8) is 0 Å². The zero-order chi connectivity index (χ0) is 37.7. The maximum atomic E-state index is 10.7. The van der Waals surface area contributed by atoms with Crippen LogP contribution in [0.15, 0.2) is 64.6 Å². The van der Waals surface area contributed by atoms with Gasteiger partial charge in [0.15, 0.2) is 10.1 Å². The van der Waals surface area contributed by atoms with E-state index in [-0.39, 0.29) is 33.4 Å². The van der Waals surface area contributed by atoms with Crippen LogP contribution in [0.2, 0.25) is 0 Å². The predicted octanol–water partition coefficient (Wildman–Crippen LogP) is 11.3. The first kappa shape index (κ1) is 53.6. The van der Waals surface area contributed by atoms with E-state index in [1.165, 1.54) is 22.3 Å². The third-order valence-corrected chi connectivity index (χ3v) is 7.99. The van der Waals surface area contributed by atoms with Gasteiger partial charge in [-0.15, -0.1) is 0 Å². The third-order valence-electron chi connectivity index (χ3n) is 7.43. The van der Waals surface area contributed by atoms with Crippen molar-refractivity contribution in [3.05, 3.63) is 88.2 Å². The Morgan fingerprint density at radius 3 is 1.12 bits per heavy atom. The van der Waals surface area contributed by atoms with E-state index >= 15 is 0 Å². The number of para-hydroxylation sites is 2. The Balaban J connectivity index is -0.00000128. The Bertz CT molecular complexity index is 1530. The third kappa shape index (κ3) is 16.5. The molecule has 0 atom stereocenters. The molecule has 52 heavy (non-hydrogen) atoms. The summed E-state index contributed by atoms with van der Waals surface area (Å²) in [6.07, 6.45) is 0. The van der Waals surface area contributed by atoms with Crippen molar-refractivity contribution in [2.24, 2.45) is 9.98 Å². The van der Waals surface area contributed by atoms with Crippen molar-refractivity contribution < 1.29 is 51.9 Å². The summed E-state index contributed by atoms with van der Waals surface area (Å²) in [4.78, 5) is 15.3. The van der Waals surface area contributed by atoms with Crippen LogP contribution < -0.4 is 12.3 Å². The summed E-state index contributed by atoms with van der Waals surface area (Å²) in [5, 5.41) is 0. The summed E-state index contributed by atoms with van der Waals surface area (Å²) in [5.74, 6) is 1.61. The number of aliphatic imine (C=N–C) groups is 2. The zero-order valence-electron chi connectivity index (χ0n) is 32.8. The fourth-order valence-electron chi connectivity index (χ4n) is 4.77. The first-order valence-corrected chi connectivity index (χ1v) is 18.0. The van der Waals surface area contributed by atoms with Crippen LogP contribution in [-0.2, 0) is 35.9 Å². The van der Waals surface area contributed by atoms with Crippen molar-refractivity contribution >= 4 is 32.9 Å². The molecule has 0 aliphatic rings. The van der Waals surface area contributed by atoms with Crippen LogP contribution in [0.25, 0.3) is 0 Å². The maximum absolute atomic E-state index is 10.7. The van der Waals surface area contributed by atoms with Crippen molar-refractivity contribution in [1.29, 1.82) is 0 Å². The number of pyridine rings is 1. The molecular formula is C38H59F3MoN5O4S+2. The molecule has 0 fully saturated rings. The molecule has 0 bridgehead atoms. The van der Waals surface area contributed by atoms with Crippen LogP contribution in [0.4, 0.5) is 24.5 Å². The van der Waals surface area contributed by atoms with Crippen LogP contribution in [0.3, 0.4) is 0 Å². The molecule has 6 N–H and O–H groups in total. The summed E-state index contributed by atoms with van der Waals surface area (Å²) < 4.78 is 63.7. The van der Waals surface area contributed by atoms with Crippen LogP contribution in [0.5, 0.6) is 0 Å². The summed E-state index contributed by atoms with van der Waals surface area (Å²) >= 11 is 0. The van der Waals surface area contributed by atoms with E-state index in [0.717, 1.165) is 47.4 Å². The van der Waals surface area contributed by atoms with Crippen molar-refractivity contribution in [1.82, 2.24) is 17.3 Å². The van der Waals surface area contributed by atoms with Gasteiger partial charge in [0.2, 0.25) is 0 Å². The minimum atomic E-state index is -6.09. The molecule has 1 aromatic heterocycles. The molecule has 0 saturated heterocycles. The number of nitrogens with zero attached hydrogens (tertiary/aromatic N) is 3. The quantitative estimate of drug-likeness (QED) is 0.0884. The largest absolute Gasteiger partial charge is 3.00 e. The molecule has 2 aromatic carbocycles. The van der Waals surface area contributed by atoms with Gasteiger partial charge in [-0.2, -0.15) is 13.2 Å². The first-order chi connectivity index (χ1) is 22.7. The van der Waals surface area contributed by atoms with Gasteiger partial charge < -0.3 is 21.6 Å². The summed E-state index contributed by atoms with van der Waals surface area (Å²) in [5.41, 5.74) is 5.26. The average Bonchev–Trinajstić information content (AvgIpc) is 3.00. The number of hydrogen-bond donors (Lipinski definition) is 2. The van der Waals surface area contributed by atoms with E-state index in [1.54, 1.807) is 0 Å². The number of hydrogen-bond acceptors (Lipinski definition) is 9. The van der Waals surface area contributed by atoms with Crippen LogP contribution in [-0.4, -0.2) is 48.1 Å². The Labute approximate surface area is 324 Å². The van der Waals surface area contributed by atoms with Gasteiger partial charge in [-0.1, -0.05) is 97.9 Å². The summed E-state index contributed by atoms with van der Waals surface area (Å²) in [6.45, 7) is 27.6. The summed E-state index contributed by atoms with van der Waals surface area (Å²) in [6, 6.07) is 19.2. The van der Waals surface area contributed by atoms with Crippen LogP contribution in [0, 0.1) is 0 Å².